The summed E-state index contributed by atoms with van der Waals surface area (Å²) in [5.41, 5.74) is 2.41. The van der Waals surface area contributed by atoms with Gasteiger partial charge in [-0.3, -0.25) is 61.6 Å². The number of carbonyl (C=O) groups excluding carboxylic acids is 2. The second-order valence-electron chi connectivity index (χ2n) is 9.03. The minimum Gasteiger partial charge on any atom is -0.299 e. The molecule has 3 rings (SSSR count). The van der Waals surface area contributed by atoms with Gasteiger partial charge in [0.15, 0.2) is 10.1 Å². The third kappa shape index (κ3) is 8.91. The molecule has 0 aliphatic rings. The molecule has 3 aromatic rings. The van der Waals surface area contributed by atoms with Gasteiger partial charge in [-0.1, -0.05) is 46.4 Å². The van der Waals surface area contributed by atoms with Crippen molar-refractivity contribution in [2.45, 2.75) is 12.8 Å². The number of nitrogens with one attached hydrogen (secondary N) is 4. The molecule has 47 heavy (non-hydrogen) atoms. The predicted molar refractivity (Wildman–Crippen MR) is 161 cm³/mol. The van der Waals surface area contributed by atoms with E-state index in [1.54, 1.807) is 60.7 Å². The Morgan fingerprint density at radius 2 is 0.936 bits per heavy atom. The number of rotatable bonds is 17. The highest BCUT2D eigenvalue weighted by Crippen LogP contribution is 2.50. The van der Waals surface area contributed by atoms with E-state index in [1.807, 2.05) is 0 Å². The lowest BCUT2D eigenvalue weighted by atomic mass is 10.1. The number of anilines is 4. The Hall–Kier alpha value is -7.20. The van der Waals surface area contributed by atoms with Crippen LogP contribution in [0.1, 0.15) is 12.8 Å². The Balaban J connectivity index is 2.03. The first-order chi connectivity index (χ1) is 22.3. The van der Waals surface area contributed by atoms with Gasteiger partial charge in [-0.05, 0) is 24.3 Å². The van der Waals surface area contributed by atoms with E-state index in [2.05, 4.69) is 21.7 Å². The van der Waals surface area contributed by atoms with Crippen LogP contribution in [0.25, 0.3) is 0 Å². The number of hydrazine groups is 4. The van der Waals surface area contributed by atoms with Crippen LogP contribution < -0.4 is 31.7 Å². The lowest BCUT2D eigenvalue weighted by Gasteiger charge is -2.18. The van der Waals surface area contributed by atoms with Gasteiger partial charge >= 0.3 is 17.1 Å². The van der Waals surface area contributed by atoms with Gasteiger partial charge in [0, 0.05) is 0 Å². The Bertz CT molecular complexity index is 1580. The predicted octanol–water partition coefficient (Wildman–Crippen LogP) is 2.47. The minimum absolute atomic E-state index is 0.0821. The molecule has 0 heterocycles. The Morgan fingerprint density at radius 1 is 0.574 bits per heavy atom. The molecule has 0 aliphatic heterocycles. The molecule has 23 nitrogen and oxygen atoms in total. The summed E-state index contributed by atoms with van der Waals surface area (Å²) in [5, 5.41) is 57.2. The molecule has 2 amide bonds. The highest BCUT2D eigenvalue weighted by Gasteiger charge is 2.48. The van der Waals surface area contributed by atoms with Crippen LogP contribution in [0.5, 0.6) is 0 Å². The second-order valence-corrected chi connectivity index (χ2v) is 9.03. The van der Waals surface area contributed by atoms with Gasteiger partial charge in [0.2, 0.25) is 11.8 Å². The summed E-state index contributed by atoms with van der Waals surface area (Å²) in [7, 11) is 0. The quantitative estimate of drug-likeness (QED) is 0.120. The zero-order valence-corrected chi connectivity index (χ0v) is 23.7. The fourth-order valence-electron chi connectivity index (χ4n) is 4.00. The lowest BCUT2D eigenvalue weighted by molar-refractivity contribution is -0.500. The van der Waals surface area contributed by atoms with Gasteiger partial charge < -0.3 is 0 Å². The third-order valence-corrected chi connectivity index (χ3v) is 6.04. The van der Waals surface area contributed by atoms with Crippen molar-refractivity contribution < 1.29 is 34.4 Å². The molecule has 4 N–H and O–H groups in total. The molecule has 246 valence electrons. The maximum Gasteiger partial charge on any atom is 0.342 e. The van der Waals surface area contributed by atoms with Crippen LogP contribution in [-0.4, -0.2) is 49.7 Å². The molecular weight excluding hydrogens is 634 g/mol. The molecule has 0 unspecified atom stereocenters. The van der Waals surface area contributed by atoms with Crippen LogP contribution in [-0.2, 0) is 9.59 Å². The van der Waals surface area contributed by atoms with Gasteiger partial charge in [-0.25, -0.2) is 20.2 Å². The zero-order chi connectivity index (χ0) is 34.7. The van der Waals surface area contributed by atoms with Crippen LogP contribution in [0.3, 0.4) is 0 Å². The summed E-state index contributed by atoms with van der Waals surface area (Å²) in [6.45, 7) is -2.14. The van der Waals surface area contributed by atoms with E-state index in [0.29, 0.717) is 11.4 Å². The van der Waals surface area contributed by atoms with Crippen molar-refractivity contribution in [1.82, 2.24) is 10.9 Å². The number of nitro benzene ring substituents is 3. The number of nitro groups is 5. The van der Waals surface area contributed by atoms with Crippen molar-refractivity contribution in [3.8, 4) is 0 Å². The van der Waals surface area contributed by atoms with Crippen LogP contribution in [0.4, 0.5) is 39.8 Å². The average Bonchev–Trinajstić information content (AvgIpc) is 3.03. The van der Waals surface area contributed by atoms with Crippen molar-refractivity contribution in [2.75, 3.05) is 34.0 Å². The Labute approximate surface area is 261 Å². The van der Waals surface area contributed by atoms with E-state index in [1.165, 1.54) is 0 Å². The number of amides is 2. The van der Waals surface area contributed by atoms with Gasteiger partial charge in [0.25, 0.3) is 11.4 Å². The first-order valence-electron chi connectivity index (χ1n) is 13.0. The molecule has 0 saturated heterocycles. The second kappa shape index (κ2) is 15.5. The highest BCUT2D eigenvalue weighted by molar-refractivity contribution is 5.91. The van der Waals surface area contributed by atoms with Crippen LogP contribution in [0.2, 0.25) is 0 Å². The van der Waals surface area contributed by atoms with Gasteiger partial charge in [0.05, 0.1) is 58.1 Å². The molecule has 0 atom stereocenters. The van der Waals surface area contributed by atoms with Gasteiger partial charge in [-0.15, -0.1) is 0 Å². The largest absolute Gasteiger partial charge is 0.342 e. The highest BCUT2D eigenvalue weighted by atomic mass is 16.7. The number of benzene rings is 3. The first-order valence-corrected chi connectivity index (χ1v) is 13.0. The summed E-state index contributed by atoms with van der Waals surface area (Å²) < 4.78 is 0. The number of hydrogen-bond donors (Lipinski definition) is 4. The van der Waals surface area contributed by atoms with Crippen molar-refractivity contribution in [3.63, 3.8) is 0 Å². The third-order valence-electron chi connectivity index (χ3n) is 6.04. The molecular formula is C24H23N11O12. The average molecular weight is 658 g/mol. The number of para-hydroxylation sites is 2. The van der Waals surface area contributed by atoms with E-state index < -0.39 is 91.0 Å². The van der Waals surface area contributed by atoms with Gasteiger partial charge in [0.1, 0.15) is 0 Å². The monoisotopic (exact) mass is 657 g/mol. The van der Waals surface area contributed by atoms with Crippen molar-refractivity contribution in [2.24, 2.45) is 0 Å². The molecule has 0 aromatic heterocycles. The minimum atomic E-state index is -1.76. The normalized spacial score (nSPS) is 10.2. The summed E-state index contributed by atoms with van der Waals surface area (Å²) in [4.78, 5) is 80.8. The van der Waals surface area contributed by atoms with Crippen molar-refractivity contribution >= 4 is 51.6 Å². The molecule has 0 radical (unpaired) electrons. The van der Waals surface area contributed by atoms with Crippen LogP contribution in [0, 0.1) is 50.6 Å². The van der Waals surface area contributed by atoms with E-state index >= 15 is 0 Å². The molecule has 0 fully saturated rings. The zero-order valence-electron chi connectivity index (χ0n) is 23.7. The van der Waals surface area contributed by atoms with Gasteiger partial charge in [-0.2, -0.15) is 0 Å². The van der Waals surface area contributed by atoms with E-state index in [4.69, 9.17) is 0 Å². The fourth-order valence-corrected chi connectivity index (χ4v) is 4.00. The molecule has 0 bridgehead atoms. The smallest absolute Gasteiger partial charge is 0.299 e. The van der Waals surface area contributed by atoms with Crippen LogP contribution in [0.15, 0.2) is 66.7 Å². The topological polar surface area (TPSA) is 304 Å². The number of nitrogens with zero attached hydrogens (tertiary/aromatic N) is 7. The SMILES string of the molecule is O=C(CCN(c1c([N+](=O)[O-])cc([N+](=O)[O-])c(N(CCC(=O)NNc2ccccc2)[N+](=O)[O-])c1[N+](=O)[O-])[N+](=O)[O-])NNc1ccccc1. The summed E-state index contributed by atoms with van der Waals surface area (Å²) in [6.07, 6.45) is -1.62. The molecule has 23 heteroatoms. The van der Waals surface area contributed by atoms with Crippen LogP contribution >= 0.6 is 0 Å². The maximum atomic E-state index is 12.4. The van der Waals surface area contributed by atoms with E-state index in [0.717, 1.165) is 0 Å². The van der Waals surface area contributed by atoms with E-state index in [-0.39, 0.29) is 16.1 Å². The Morgan fingerprint density at radius 3 is 1.23 bits per heavy atom. The first kappa shape index (κ1) is 34.3. The van der Waals surface area contributed by atoms with E-state index in [9.17, 15) is 60.2 Å². The summed E-state index contributed by atoms with van der Waals surface area (Å²) in [6, 6.07) is 16.1. The van der Waals surface area contributed by atoms with Crippen molar-refractivity contribution in [1.29, 1.82) is 0 Å². The van der Waals surface area contributed by atoms with Crippen molar-refractivity contribution in [3.05, 3.63) is 117 Å². The molecule has 0 aliphatic carbocycles. The summed E-state index contributed by atoms with van der Waals surface area (Å²) >= 11 is 0. The number of carbonyl (C=O) groups is 2. The fraction of sp³-hybridized carbons (Fsp3) is 0.167. The standard InChI is InChI=1S/C24H23N11O12/c36-20(27-25-16-7-3-1-4-8-16)11-13-29(34(44)45)22-18(31(38)39)15-19(32(40)41)23(24(22)33(42)43)30(35(46)47)14-12-21(37)28-26-17-9-5-2-6-10-17/h1-10,15,25-26H,11-14H2,(H,27,36)(H,28,37). The summed E-state index contributed by atoms with van der Waals surface area (Å²) in [5.74, 6) is -1.84. The lowest BCUT2D eigenvalue weighted by Crippen LogP contribution is -2.39. The molecule has 3 aromatic carbocycles. The number of hydrogen-bond acceptors (Lipinski definition) is 14. The molecule has 0 saturated carbocycles. The molecule has 0 spiro atoms. The Kier molecular flexibility index (Phi) is 11.3. The maximum absolute atomic E-state index is 12.4.